The van der Waals surface area contributed by atoms with E-state index >= 15 is 0 Å². The molecule has 1 fully saturated rings. The molecule has 144 valence electrons. The Morgan fingerprint density at radius 3 is 2.68 bits per heavy atom. The third kappa shape index (κ3) is 3.05. The number of hydrogen-bond acceptors (Lipinski definition) is 6. The highest BCUT2D eigenvalue weighted by atomic mass is 16.5. The first-order valence-corrected chi connectivity index (χ1v) is 9.35. The standard InChI is InChI=1S/C22H22N2O4/c1-13-6-4-7-14(2)20(13)16-12-19(25)28-21-15(16)9-10-18(23-21)24-11-5-8-17(24)22(26)27-3/h4,6-7,9-10,12,17H,5,8,11H2,1-3H3. The molecule has 6 heteroatoms. The molecular weight excluding hydrogens is 356 g/mol. The summed E-state index contributed by atoms with van der Waals surface area (Å²) in [6.07, 6.45) is 1.60. The summed E-state index contributed by atoms with van der Waals surface area (Å²) in [6.45, 7) is 4.75. The summed E-state index contributed by atoms with van der Waals surface area (Å²) in [4.78, 5) is 30.8. The molecule has 0 bridgehead atoms. The minimum absolute atomic E-state index is 0.273. The van der Waals surface area contributed by atoms with Crippen molar-refractivity contribution < 1.29 is 13.9 Å². The van der Waals surface area contributed by atoms with Crippen molar-refractivity contribution in [3.8, 4) is 11.1 Å². The van der Waals surface area contributed by atoms with E-state index in [-0.39, 0.29) is 17.7 Å². The molecule has 0 amide bonds. The Morgan fingerprint density at radius 2 is 1.96 bits per heavy atom. The number of hydrogen-bond donors (Lipinski definition) is 0. The van der Waals surface area contributed by atoms with Crippen LogP contribution in [0.15, 0.2) is 45.6 Å². The van der Waals surface area contributed by atoms with Crippen LogP contribution in [0.25, 0.3) is 22.2 Å². The zero-order chi connectivity index (χ0) is 19.8. The molecule has 1 unspecified atom stereocenters. The summed E-state index contributed by atoms with van der Waals surface area (Å²) in [5.74, 6) is 0.340. The van der Waals surface area contributed by atoms with Crippen LogP contribution in [-0.4, -0.2) is 30.6 Å². The average Bonchev–Trinajstić information content (AvgIpc) is 3.16. The van der Waals surface area contributed by atoms with E-state index in [0.717, 1.165) is 40.5 Å². The first-order chi connectivity index (χ1) is 13.5. The number of aryl methyl sites for hydroxylation is 2. The van der Waals surface area contributed by atoms with E-state index in [0.29, 0.717) is 12.4 Å². The third-order valence-electron chi connectivity index (χ3n) is 5.37. The Bertz CT molecular complexity index is 1100. The number of pyridine rings is 1. The number of aromatic nitrogens is 1. The SMILES string of the molecule is COC(=O)C1CCCN1c1ccc2c(-c3c(C)cccc3C)cc(=O)oc2n1. The Hall–Kier alpha value is -3.15. The Morgan fingerprint density at radius 1 is 1.21 bits per heavy atom. The molecule has 6 nitrogen and oxygen atoms in total. The van der Waals surface area contributed by atoms with Crippen molar-refractivity contribution in [2.45, 2.75) is 32.7 Å². The monoisotopic (exact) mass is 378 g/mol. The molecule has 28 heavy (non-hydrogen) atoms. The lowest BCUT2D eigenvalue weighted by atomic mass is 9.94. The van der Waals surface area contributed by atoms with Crippen LogP contribution in [0.4, 0.5) is 5.82 Å². The Labute approximate surface area is 162 Å². The van der Waals surface area contributed by atoms with Crippen LogP contribution in [0.1, 0.15) is 24.0 Å². The van der Waals surface area contributed by atoms with Crippen molar-refractivity contribution in [3.05, 3.63) is 57.9 Å². The van der Waals surface area contributed by atoms with E-state index in [4.69, 9.17) is 9.15 Å². The zero-order valence-corrected chi connectivity index (χ0v) is 16.2. The maximum Gasteiger partial charge on any atom is 0.338 e. The van der Waals surface area contributed by atoms with Crippen molar-refractivity contribution in [2.24, 2.45) is 0 Å². The van der Waals surface area contributed by atoms with Gasteiger partial charge in [0, 0.05) is 23.6 Å². The number of methoxy groups -OCH3 is 1. The molecule has 3 aromatic rings. The van der Waals surface area contributed by atoms with Crippen molar-refractivity contribution in [1.29, 1.82) is 0 Å². The number of anilines is 1. The van der Waals surface area contributed by atoms with Crippen LogP contribution in [-0.2, 0) is 9.53 Å². The van der Waals surface area contributed by atoms with Crippen molar-refractivity contribution in [1.82, 2.24) is 4.98 Å². The van der Waals surface area contributed by atoms with Gasteiger partial charge in [-0.15, -0.1) is 0 Å². The summed E-state index contributed by atoms with van der Waals surface area (Å²) in [5.41, 5.74) is 3.83. The Kier molecular flexibility index (Phi) is 4.63. The molecule has 1 aliphatic heterocycles. The van der Waals surface area contributed by atoms with Gasteiger partial charge in [-0.05, 0) is 55.5 Å². The predicted molar refractivity (Wildman–Crippen MR) is 108 cm³/mol. The summed E-state index contributed by atoms with van der Waals surface area (Å²) in [6, 6.07) is 11.0. The largest absolute Gasteiger partial charge is 0.467 e. The number of fused-ring (bicyclic) bond motifs is 1. The van der Waals surface area contributed by atoms with E-state index in [2.05, 4.69) is 4.98 Å². The Balaban J connectivity index is 1.86. The van der Waals surface area contributed by atoms with Crippen LogP contribution >= 0.6 is 0 Å². The lowest BCUT2D eigenvalue weighted by Crippen LogP contribution is -2.37. The number of rotatable bonds is 3. The maximum absolute atomic E-state index is 12.3. The van der Waals surface area contributed by atoms with Crippen LogP contribution in [0.2, 0.25) is 0 Å². The molecule has 1 aromatic carbocycles. The number of nitrogens with zero attached hydrogens (tertiary/aromatic N) is 2. The van der Waals surface area contributed by atoms with Crippen molar-refractivity contribution in [2.75, 3.05) is 18.6 Å². The van der Waals surface area contributed by atoms with Crippen molar-refractivity contribution in [3.63, 3.8) is 0 Å². The van der Waals surface area contributed by atoms with Gasteiger partial charge in [0.25, 0.3) is 0 Å². The van der Waals surface area contributed by atoms with E-state index in [1.807, 2.05) is 49.1 Å². The van der Waals surface area contributed by atoms with Gasteiger partial charge in [-0.1, -0.05) is 18.2 Å². The minimum atomic E-state index is -0.444. The lowest BCUT2D eigenvalue weighted by molar-refractivity contribution is -0.141. The van der Waals surface area contributed by atoms with Crippen molar-refractivity contribution >= 4 is 22.9 Å². The highest BCUT2D eigenvalue weighted by Gasteiger charge is 2.32. The maximum atomic E-state index is 12.3. The molecule has 4 rings (SSSR count). The smallest absolute Gasteiger partial charge is 0.338 e. The fourth-order valence-electron chi connectivity index (χ4n) is 4.06. The second kappa shape index (κ2) is 7.11. The number of benzene rings is 1. The molecule has 0 spiro atoms. The fraction of sp³-hybridized carbons (Fsp3) is 0.318. The van der Waals surface area contributed by atoms with Gasteiger partial charge in [-0.3, -0.25) is 0 Å². The number of ether oxygens (including phenoxy) is 1. The fourth-order valence-corrected chi connectivity index (χ4v) is 4.06. The van der Waals surface area contributed by atoms with E-state index < -0.39 is 5.63 Å². The highest BCUT2D eigenvalue weighted by Crippen LogP contribution is 2.33. The average molecular weight is 378 g/mol. The van der Waals surface area contributed by atoms with Crippen LogP contribution < -0.4 is 10.5 Å². The van der Waals surface area contributed by atoms with Gasteiger partial charge < -0.3 is 14.1 Å². The summed E-state index contributed by atoms with van der Waals surface area (Å²) in [5, 5.41) is 0.773. The van der Waals surface area contributed by atoms with Gasteiger partial charge in [0.2, 0.25) is 5.71 Å². The van der Waals surface area contributed by atoms with E-state index in [1.54, 1.807) is 0 Å². The molecular formula is C22H22N2O4. The van der Waals surface area contributed by atoms with Gasteiger partial charge in [-0.25, -0.2) is 9.59 Å². The van der Waals surface area contributed by atoms with Gasteiger partial charge in [0.1, 0.15) is 11.9 Å². The molecule has 0 aliphatic carbocycles. The lowest BCUT2D eigenvalue weighted by Gasteiger charge is -2.23. The second-order valence-electron chi connectivity index (χ2n) is 7.14. The minimum Gasteiger partial charge on any atom is -0.467 e. The molecule has 1 aliphatic rings. The summed E-state index contributed by atoms with van der Waals surface area (Å²) >= 11 is 0. The topological polar surface area (TPSA) is 72.6 Å². The summed E-state index contributed by atoms with van der Waals surface area (Å²) in [7, 11) is 1.39. The normalized spacial score (nSPS) is 16.5. The van der Waals surface area contributed by atoms with Gasteiger partial charge in [0.15, 0.2) is 0 Å². The van der Waals surface area contributed by atoms with E-state index in [1.165, 1.54) is 13.2 Å². The number of carbonyl (C=O) groups excluding carboxylic acids is 1. The molecule has 0 radical (unpaired) electrons. The molecule has 1 atom stereocenters. The van der Waals surface area contributed by atoms with E-state index in [9.17, 15) is 9.59 Å². The van der Waals surface area contributed by atoms with Gasteiger partial charge in [0.05, 0.1) is 7.11 Å². The molecule has 3 heterocycles. The number of esters is 1. The second-order valence-corrected chi connectivity index (χ2v) is 7.14. The zero-order valence-electron chi connectivity index (χ0n) is 16.2. The first-order valence-electron chi connectivity index (χ1n) is 9.35. The predicted octanol–water partition coefficient (Wildman–Crippen LogP) is 3.61. The first kappa shape index (κ1) is 18.2. The third-order valence-corrected chi connectivity index (χ3v) is 5.37. The highest BCUT2D eigenvalue weighted by molar-refractivity contribution is 5.94. The van der Waals surface area contributed by atoms with Crippen LogP contribution in [0, 0.1) is 13.8 Å². The molecule has 0 saturated carbocycles. The quantitative estimate of drug-likeness (QED) is 0.648. The molecule has 2 aromatic heterocycles. The molecule has 1 saturated heterocycles. The molecule has 0 N–H and O–H groups in total. The van der Waals surface area contributed by atoms with Crippen LogP contribution in [0.5, 0.6) is 0 Å². The van der Waals surface area contributed by atoms with Gasteiger partial charge >= 0.3 is 11.6 Å². The van der Waals surface area contributed by atoms with Gasteiger partial charge in [-0.2, -0.15) is 4.98 Å². The number of carbonyl (C=O) groups is 1. The summed E-state index contributed by atoms with van der Waals surface area (Å²) < 4.78 is 10.3. The van der Waals surface area contributed by atoms with Crippen LogP contribution in [0.3, 0.4) is 0 Å².